The lowest BCUT2D eigenvalue weighted by Gasteiger charge is -2.09. The van der Waals surface area contributed by atoms with Crippen LogP contribution in [0.5, 0.6) is 17.4 Å². The zero-order valence-electron chi connectivity index (χ0n) is 11.1. The monoisotopic (exact) mass is 291 g/mol. The van der Waals surface area contributed by atoms with E-state index in [1.54, 1.807) is 13.2 Å². The lowest BCUT2D eigenvalue weighted by Crippen LogP contribution is -2.00. The van der Waals surface area contributed by atoms with E-state index in [0.29, 0.717) is 24.2 Å². The first-order valence-corrected chi connectivity index (χ1v) is 6.72. The first-order chi connectivity index (χ1) is 9.76. The van der Waals surface area contributed by atoms with Gasteiger partial charge in [-0.15, -0.1) is 0 Å². The van der Waals surface area contributed by atoms with E-state index in [2.05, 4.69) is 4.98 Å². The zero-order valence-corrected chi connectivity index (χ0v) is 11.8. The Hall–Kier alpha value is -1.94. The molecule has 0 aliphatic carbocycles. The van der Waals surface area contributed by atoms with Crippen molar-refractivity contribution in [1.82, 2.24) is 4.98 Å². The normalized spacial score (nSPS) is 12.7. The summed E-state index contributed by atoms with van der Waals surface area (Å²) in [6, 6.07) is 9.44. The van der Waals surface area contributed by atoms with Crippen molar-refractivity contribution in [2.24, 2.45) is 0 Å². The summed E-state index contributed by atoms with van der Waals surface area (Å²) >= 11 is 5.96. The molecule has 3 rings (SSSR count). The molecule has 0 amide bonds. The topological polar surface area (TPSA) is 40.6 Å². The van der Waals surface area contributed by atoms with Crippen LogP contribution in [-0.4, -0.2) is 18.7 Å². The van der Waals surface area contributed by atoms with Crippen molar-refractivity contribution in [3.63, 3.8) is 0 Å². The van der Waals surface area contributed by atoms with Crippen molar-refractivity contribution < 1.29 is 14.2 Å². The van der Waals surface area contributed by atoms with E-state index in [1.165, 1.54) is 0 Å². The van der Waals surface area contributed by atoms with Gasteiger partial charge in [0.2, 0.25) is 5.88 Å². The van der Waals surface area contributed by atoms with Gasteiger partial charge in [0, 0.05) is 12.5 Å². The van der Waals surface area contributed by atoms with Gasteiger partial charge in [0.25, 0.3) is 0 Å². The summed E-state index contributed by atoms with van der Waals surface area (Å²) in [7, 11) is 1.64. The number of fused-ring (bicyclic) bond motifs is 1. The molecule has 1 aliphatic heterocycles. The van der Waals surface area contributed by atoms with Crippen molar-refractivity contribution >= 4 is 11.6 Å². The molecule has 104 valence electrons. The van der Waals surface area contributed by atoms with Gasteiger partial charge in [-0.2, -0.15) is 0 Å². The molecule has 2 aromatic rings. The number of benzene rings is 1. The number of aromatic nitrogens is 1. The second-order valence-electron chi connectivity index (χ2n) is 4.46. The standard InChI is InChI=1S/C15H14ClNO3/c1-18-11-4-2-10(3-5-11)9-20-15-12-6-7-19-13(12)8-14(16)17-15/h2-5,8H,6-7,9H2,1H3. The number of hydrogen-bond donors (Lipinski definition) is 0. The number of rotatable bonds is 4. The highest BCUT2D eigenvalue weighted by molar-refractivity contribution is 6.29. The molecule has 1 aromatic carbocycles. The van der Waals surface area contributed by atoms with Crippen LogP contribution in [0.3, 0.4) is 0 Å². The highest BCUT2D eigenvalue weighted by Crippen LogP contribution is 2.34. The maximum absolute atomic E-state index is 5.96. The average Bonchev–Trinajstić information content (AvgIpc) is 2.93. The van der Waals surface area contributed by atoms with Crippen LogP contribution in [0.4, 0.5) is 0 Å². The third kappa shape index (κ3) is 2.65. The Kier molecular flexibility index (Phi) is 3.65. The minimum Gasteiger partial charge on any atom is -0.497 e. The fourth-order valence-electron chi connectivity index (χ4n) is 2.11. The van der Waals surface area contributed by atoms with E-state index >= 15 is 0 Å². The molecular weight excluding hydrogens is 278 g/mol. The van der Waals surface area contributed by atoms with Gasteiger partial charge in [-0.1, -0.05) is 23.7 Å². The number of ether oxygens (including phenoxy) is 3. The molecule has 1 aliphatic rings. The van der Waals surface area contributed by atoms with Crippen molar-refractivity contribution in [3.8, 4) is 17.4 Å². The highest BCUT2D eigenvalue weighted by atomic mass is 35.5. The highest BCUT2D eigenvalue weighted by Gasteiger charge is 2.20. The Balaban J connectivity index is 1.75. The van der Waals surface area contributed by atoms with E-state index in [1.807, 2.05) is 24.3 Å². The van der Waals surface area contributed by atoms with Gasteiger partial charge in [0.1, 0.15) is 23.3 Å². The number of hydrogen-bond acceptors (Lipinski definition) is 4. The number of methoxy groups -OCH3 is 1. The molecule has 0 unspecified atom stereocenters. The maximum Gasteiger partial charge on any atom is 0.222 e. The molecule has 0 fully saturated rings. The van der Waals surface area contributed by atoms with Crippen LogP contribution in [0, 0.1) is 0 Å². The van der Waals surface area contributed by atoms with Crippen molar-refractivity contribution in [3.05, 3.63) is 46.6 Å². The summed E-state index contributed by atoms with van der Waals surface area (Å²) in [4.78, 5) is 4.23. The molecule has 20 heavy (non-hydrogen) atoms. The smallest absolute Gasteiger partial charge is 0.222 e. The molecule has 2 heterocycles. The first kappa shape index (κ1) is 13.1. The van der Waals surface area contributed by atoms with E-state index in [4.69, 9.17) is 25.8 Å². The van der Waals surface area contributed by atoms with Gasteiger partial charge in [0.15, 0.2) is 0 Å². The minimum atomic E-state index is 0.385. The molecule has 0 saturated heterocycles. The first-order valence-electron chi connectivity index (χ1n) is 6.34. The molecule has 5 heteroatoms. The summed E-state index contributed by atoms with van der Waals surface area (Å²) in [5, 5.41) is 0.385. The molecule has 0 bridgehead atoms. The zero-order chi connectivity index (χ0) is 13.9. The maximum atomic E-state index is 5.96. The van der Waals surface area contributed by atoms with Crippen LogP contribution >= 0.6 is 11.6 Å². The third-order valence-corrected chi connectivity index (χ3v) is 3.35. The second-order valence-corrected chi connectivity index (χ2v) is 4.85. The Morgan fingerprint density at radius 1 is 1.30 bits per heavy atom. The van der Waals surface area contributed by atoms with Crippen LogP contribution in [0.25, 0.3) is 0 Å². The van der Waals surface area contributed by atoms with Gasteiger partial charge in [-0.3, -0.25) is 0 Å². The van der Waals surface area contributed by atoms with Crippen LogP contribution in [0.15, 0.2) is 30.3 Å². The predicted octanol–water partition coefficient (Wildman–Crippen LogP) is 3.26. The Morgan fingerprint density at radius 3 is 2.85 bits per heavy atom. The molecule has 0 saturated carbocycles. The van der Waals surface area contributed by atoms with E-state index in [0.717, 1.165) is 29.0 Å². The molecule has 0 radical (unpaired) electrons. The van der Waals surface area contributed by atoms with E-state index in [9.17, 15) is 0 Å². The summed E-state index contributed by atoms with van der Waals surface area (Å²) in [5.74, 6) is 2.15. The summed E-state index contributed by atoms with van der Waals surface area (Å²) in [6.45, 7) is 1.08. The Bertz CT molecular complexity index is 613. The summed E-state index contributed by atoms with van der Waals surface area (Å²) in [5.41, 5.74) is 2.03. The number of halogens is 1. The fourth-order valence-corrected chi connectivity index (χ4v) is 2.29. The molecular formula is C15H14ClNO3. The van der Waals surface area contributed by atoms with Crippen LogP contribution < -0.4 is 14.2 Å². The predicted molar refractivity (Wildman–Crippen MR) is 75.8 cm³/mol. The van der Waals surface area contributed by atoms with Gasteiger partial charge in [-0.05, 0) is 17.7 Å². The van der Waals surface area contributed by atoms with Gasteiger partial charge < -0.3 is 14.2 Å². The quantitative estimate of drug-likeness (QED) is 0.811. The van der Waals surface area contributed by atoms with Crippen LogP contribution in [0.1, 0.15) is 11.1 Å². The molecule has 4 nitrogen and oxygen atoms in total. The minimum absolute atomic E-state index is 0.385. The van der Waals surface area contributed by atoms with Crippen molar-refractivity contribution in [2.45, 2.75) is 13.0 Å². The summed E-state index contributed by atoms with van der Waals surface area (Å²) < 4.78 is 16.4. The molecule has 0 N–H and O–H groups in total. The SMILES string of the molecule is COc1ccc(COc2nc(Cl)cc3c2CCO3)cc1. The Morgan fingerprint density at radius 2 is 2.10 bits per heavy atom. The van der Waals surface area contributed by atoms with Gasteiger partial charge >= 0.3 is 0 Å². The third-order valence-electron chi connectivity index (χ3n) is 3.16. The van der Waals surface area contributed by atoms with Gasteiger partial charge in [0.05, 0.1) is 19.3 Å². The largest absolute Gasteiger partial charge is 0.497 e. The van der Waals surface area contributed by atoms with E-state index < -0.39 is 0 Å². The Labute approximate surface area is 122 Å². The number of pyridine rings is 1. The molecule has 0 spiro atoms. The summed E-state index contributed by atoms with van der Waals surface area (Å²) in [6.07, 6.45) is 0.803. The van der Waals surface area contributed by atoms with Crippen molar-refractivity contribution in [1.29, 1.82) is 0 Å². The van der Waals surface area contributed by atoms with E-state index in [-0.39, 0.29) is 0 Å². The average molecular weight is 292 g/mol. The van der Waals surface area contributed by atoms with Crippen LogP contribution in [-0.2, 0) is 13.0 Å². The molecule has 1 aromatic heterocycles. The lowest BCUT2D eigenvalue weighted by molar-refractivity contribution is 0.291. The molecule has 0 atom stereocenters. The fraction of sp³-hybridized carbons (Fsp3) is 0.267. The lowest BCUT2D eigenvalue weighted by atomic mass is 10.2. The second kappa shape index (κ2) is 5.59. The number of nitrogens with zero attached hydrogens (tertiary/aromatic N) is 1. The van der Waals surface area contributed by atoms with Crippen LogP contribution in [0.2, 0.25) is 5.15 Å². The van der Waals surface area contributed by atoms with Crippen molar-refractivity contribution in [2.75, 3.05) is 13.7 Å². The van der Waals surface area contributed by atoms with Gasteiger partial charge in [-0.25, -0.2) is 4.98 Å².